The van der Waals surface area contributed by atoms with Gasteiger partial charge in [0.1, 0.15) is 0 Å². The van der Waals surface area contributed by atoms with Gasteiger partial charge in [0.05, 0.1) is 6.10 Å². The minimum absolute atomic E-state index is 0.463. The molecule has 3 atom stereocenters. The summed E-state index contributed by atoms with van der Waals surface area (Å²) in [6.45, 7) is 3.13. The molecule has 1 saturated carbocycles. The Labute approximate surface area is 104 Å². The lowest BCUT2D eigenvalue weighted by atomic mass is 9.98. The van der Waals surface area contributed by atoms with Gasteiger partial charge in [0.2, 0.25) is 0 Å². The molecule has 2 fully saturated rings. The average molecular weight is 246 g/mol. The molecule has 1 aliphatic carbocycles. The summed E-state index contributed by atoms with van der Waals surface area (Å²) in [6.07, 6.45) is 8.32. The highest BCUT2D eigenvalue weighted by atomic mass is 35.5. The summed E-state index contributed by atoms with van der Waals surface area (Å²) in [5, 5.41) is 3.58. The van der Waals surface area contributed by atoms with Crippen LogP contribution in [0, 0.1) is 11.8 Å². The highest BCUT2D eigenvalue weighted by molar-refractivity contribution is 6.18. The molecule has 2 rings (SSSR count). The van der Waals surface area contributed by atoms with Crippen LogP contribution in [0.2, 0.25) is 0 Å². The molecule has 3 unspecified atom stereocenters. The Balaban J connectivity index is 1.59. The van der Waals surface area contributed by atoms with Crippen molar-refractivity contribution >= 4 is 11.6 Å². The fraction of sp³-hybridized carbons (Fsp3) is 1.00. The van der Waals surface area contributed by atoms with Crippen LogP contribution < -0.4 is 5.32 Å². The Morgan fingerprint density at radius 2 is 1.88 bits per heavy atom. The number of nitrogens with one attached hydrogen (secondary N) is 1. The normalized spacial score (nSPS) is 35.4. The van der Waals surface area contributed by atoms with Crippen molar-refractivity contribution in [1.29, 1.82) is 0 Å². The lowest BCUT2D eigenvalue weighted by molar-refractivity contribution is 0.0163. The lowest BCUT2D eigenvalue weighted by Gasteiger charge is -2.24. The summed E-state index contributed by atoms with van der Waals surface area (Å²) in [6, 6.07) is 0. The third kappa shape index (κ3) is 3.61. The first-order chi connectivity index (χ1) is 7.90. The standard InChI is InChI=1S/C13H24ClNO/c14-8-11-4-3-5-12(11)9-15-10-13-6-1-2-7-16-13/h11-13,15H,1-10H2. The maximum atomic E-state index is 5.98. The van der Waals surface area contributed by atoms with Crippen molar-refractivity contribution in [1.82, 2.24) is 5.32 Å². The molecule has 1 saturated heterocycles. The molecule has 2 aliphatic rings. The lowest BCUT2D eigenvalue weighted by Crippen LogP contribution is -2.35. The summed E-state index contributed by atoms with van der Waals surface area (Å²) >= 11 is 5.98. The Hall–Kier alpha value is 0.210. The highest BCUT2D eigenvalue weighted by Crippen LogP contribution is 2.31. The summed E-state index contributed by atoms with van der Waals surface area (Å²) in [5.41, 5.74) is 0. The molecule has 0 aromatic carbocycles. The van der Waals surface area contributed by atoms with E-state index in [4.69, 9.17) is 16.3 Å². The molecule has 0 radical (unpaired) electrons. The van der Waals surface area contributed by atoms with Gasteiger partial charge in [-0.25, -0.2) is 0 Å². The van der Waals surface area contributed by atoms with E-state index in [0.717, 1.165) is 37.4 Å². The summed E-state index contributed by atoms with van der Waals surface area (Å²) in [5.74, 6) is 2.40. The van der Waals surface area contributed by atoms with Crippen molar-refractivity contribution in [2.75, 3.05) is 25.6 Å². The van der Waals surface area contributed by atoms with E-state index in [0.29, 0.717) is 6.10 Å². The second-order valence-corrected chi connectivity index (χ2v) is 5.56. The molecular formula is C13H24ClNO. The number of rotatable bonds is 5. The van der Waals surface area contributed by atoms with Gasteiger partial charge in [0, 0.05) is 19.0 Å². The maximum Gasteiger partial charge on any atom is 0.0699 e. The molecule has 1 N–H and O–H groups in total. The van der Waals surface area contributed by atoms with Crippen molar-refractivity contribution in [2.45, 2.75) is 44.6 Å². The number of halogens is 1. The van der Waals surface area contributed by atoms with Crippen LogP contribution in [-0.2, 0) is 4.74 Å². The summed E-state index contributed by atoms with van der Waals surface area (Å²) in [7, 11) is 0. The predicted octanol–water partition coefficient (Wildman–Crippen LogP) is 2.80. The molecule has 0 aromatic rings. The van der Waals surface area contributed by atoms with E-state index < -0.39 is 0 Å². The van der Waals surface area contributed by atoms with Crippen molar-refractivity contribution < 1.29 is 4.74 Å². The predicted molar refractivity (Wildman–Crippen MR) is 68.0 cm³/mol. The maximum absolute atomic E-state index is 5.98. The molecule has 3 heteroatoms. The van der Waals surface area contributed by atoms with E-state index in [9.17, 15) is 0 Å². The van der Waals surface area contributed by atoms with E-state index in [2.05, 4.69) is 5.32 Å². The molecule has 1 aliphatic heterocycles. The molecule has 0 spiro atoms. The molecule has 0 amide bonds. The third-order valence-electron chi connectivity index (χ3n) is 4.07. The number of alkyl halides is 1. The topological polar surface area (TPSA) is 21.3 Å². The molecule has 2 nitrogen and oxygen atoms in total. The van der Waals surface area contributed by atoms with Gasteiger partial charge >= 0.3 is 0 Å². The molecular weight excluding hydrogens is 222 g/mol. The van der Waals surface area contributed by atoms with Crippen LogP contribution in [0.5, 0.6) is 0 Å². The van der Waals surface area contributed by atoms with E-state index in [1.807, 2.05) is 0 Å². The minimum Gasteiger partial charge on any atom is -0.377 e. The second kappa shape index (κ2) is 6.83. The van der Waals surface area contributed by atoms with Gasteiger partial charge in [-0.2, -0.15) is 0 Å². The largest absolute Gasteiger partial charge is 0.377 e. The molecule has 1 heterocycles. The van der Waals surface area contributed by atoms with Gasteiger partial charge in [-0.3, -0.25) is 0 Å². The van der Waals surface area contributed by atoms with Gasteiger partial charge in [0.15, 0.2) is 0 Å². The molecule has 94 valence electrons. The third-order valence-corrected chi connectivity index (χ3v) is 4.46. The van der Waals surface area contributed by atoms with E-state index in [1.54, 1.807) is 0 Å². The van der Waals surface area contributed by atoms with Gasteiger partial charge < -0.3 is 10.1 Å². The van der Waals surface area contributed by atoms with Crippen molar-refractivity contribution in [3.05, 3.63) is 0 Å². The van der Waals surface area contributed by atoms with E-state index in [-0.39, 0.29) is 0 Å². The van der Waals surface area contributed by atoms with Crippen LogP contribution in [0.1, 0.15) is 38.5 Å². The van der Waals surface area contributed by atoms with E-state index in [1.165, 1.54) is 38.5 Å². The Kier molecular flexibility index (Phi) is 5.40. The number of ether oxygens (including phenoxy) is 1. The van der Waals surface area contributed by atoms with Crippen LogP contribution in [-0.4, -0.2) is 31.7 Å². The summed E-state index contributed by atoms with van der Waals surface area (Å²) < 4.78 is 5.71. The molecule has 0 bridgehead atoms. The zero-order chi connectivity index (χ0) is 11.2. The molecule has 16 heavy (non-hydrogen) atoms. The second-order valence-electron chi connectivity index (χ2n) is 5.25. The van der Waals surface area contributed by atoms with Gasteiger partial charge in [-0.1, -0.05) is 6.42 Å². The number of hydrogen-bond donors (Lipinski definition) is 1. The van der Waals surface area contributed by atoms with Crippen LogP contribution in [0.25, 0.3) is 0 Å². The average Bonchev–Trinajstić information content (AvgIpc) is 2.78. The smallest absolute Gasteiger partial charge is 0.0699 e. The van der Waals surface area contributed by atoms with Gasteiger partial charge in [-0.05, 0) is 50.5 Å². The number of hydrogen-bond acceptors (Lipinski definition) is 2. The Morgan fingerprint density at radius 3 is 2.62 bits per heavy atom. The Bertz CT molecular complexity index is 194. The van der Waals surface area contributed by atoms with Crippen LogP contribution in [0.4, 0.5) is 0 Å². The van der Waals surface area contributed by atoms with Gasteiger partial charge in [0.25, 0.3) is 0 Å². The van der Waals surface area contributed by atoms with Crippen LogP contribution >= 0.6 is 11.6 Å². The van der Waals surface area contributed by atoms with Crippen LogP contribution in [0.15, 0.2) is 0 Å². The first kappa shape index (κ1) is 12.7. The molecule has 0 aromatic heterocycles. The van der Waals surface area contributed by atoms with Gasteiger partial charge in [-0.15, -0.1) is 11.6 Å². The summed E-state index contributed by atoms with van der Waals surface area (Å²) in [4.78, 5) is 0. The fourth-order valence-electron chi connectivity index (χ4n) is 2.98. The first-order valence-electron chi connectivity index (χ1n) is 6.78. The monoisotopic (exact) mass is 245 g/mol. The quantitative estimate of drug-likeness (QED) is 0.753. The Morgan fingerprint density at radius 1 is 1.00 bits per heavy atom. The highest BCUT2D eigenvalue weighted by Gasteiger charge is 2.26. The SMILES string of the molecule is ClCC1CCCC1CNCC1CCCCO1. The van der Waals surface area contributed by atoms with Crippen LogP contribution in [0.3, 0.4) is 0 Å². The zero-order valence-corrected chi connectivity index (χ0v) is 10.8. The minimum atomic E-state index is 0.463. The van der Waals surface area contributed by atoms with E-state index >= 15 is 0 Å². The van der Waals surface area contributed by atoms with Crippen molar-refractivity contribution in [3.63, 3.8) is 0 Å². The van der Waals surface area contributed by atoms with Crippen molar-refractivity contribution in [3.8, 4) is 0 Å². The fourth-order valence-corrected chi connectivity index (χ4v) is 3.39. The first-order valence-corrected chi connectivity index (χ1v) is 7.32. The zero-order valence-electron chi connectivity index (χ0n) is 10.1. The van der Waals surface area contributed by atoms with Crippen molar-refractivity contribution in [2.24, 2.45) is 11.8 Å².